The summed E-state index contributed by atoms with van der Waals surface area (Å²) in [6, 6.07) is 6.40. The molecule has 0 saturated carbocycles. The van der Waals surface area contributed by atoms with E-state index in [0.717, 1.165) is 28.3 Å². The fourth-order valence-electron chi connectivity index (χ4n) is 2.18. The third-order valence-electron chi connectivity index (χ3n) is 3.15. The molecule has 0 unspecified atom stereocenters. The predicted molar refractivity (Wildman–Crippen MR) is 87.9 cm³/mol. The molecule has 0 bridgehead atoms. The van der Waals surface area contributed by atoms with Gasteiger partial charge in [0.05, 0.1) is 0 Å². The van der Waals surface area contributed by atoms with Gasteiger partial charge in [0.15, 0.2) is 5.82 Å². The van der Waals surface area contributed by atoms with Gasteiger partial charge in [-0.15, -0.1) is 0 Å². The Labute approximate surface area is 128 Å². The molecule has 4 nitrogen and oxygen atoms in total. The van der Waals surface area contributed by atoms with Gasteiger partial charge < -0.3 is 10.2 Å². The van der Waals surface area contributed by atoms with Crippen LogP contribution in [0.5, 0.6) is 0 Å². The van der Waals surface area contributed by atoms with Crippen molar-refractivity contribution in [2.24, 2.45) is 0 Å². The Kier molecular flexibility index (Phi) is 4.60. The van der Waals surface area contributed by atoms with Crippen molar-refractivity contribution in [3.05, 3.63) is 40.1 Å². The summed E-state index contributed by atoms with van der Waals surface area (Å²) < 4.78 is 0.879. The van der Waals surface area contributed by atoms with Gasteiger partial charge in [-0.25, -0.2) is 9.97 Å². The fraction of sp³-hybridized carbons (Fsp3) is 0.333. The Morgan fingerprint density at radius 2 is 2.00 bits per heavy atom. The zero-order valence-corrected chi connectivity index (χ0v) is 13.8. The fourth-order valence-corrected chi connectivity index (χ4v) is 2.79. The lowest BCUT2D eigenvalue weighted by atomic mass is 10.1. The molecule has 20 heavy (non-hydrogen) atoms. The molecule has 0 radical (unpaired) electrons. The van der Waals surface area contributed by atoms with Gasteiger partial charge in [-0.05, 0) is 48.3 Å². The first-order chi connectivity index (χ1) is 9.54. The highest BCUT2D eigenvalue weighted by Gasteiger charge is 2.15. The zero-order valence-electron chi connectivity index (χ0n) is 12.2. The first kappa shape index (κ1) is 14.8. The van der Waals surface area contributed by atoms with Crippen molar-refractivity contribution in [2.45, 2.75) is 20.8 Å². The highest BCUT2D eigenvalue weighted by Crippen LogP contribution is 2.34. The SMILES string of the molecule is CCNc1ncnc(N(C)c2ccc(C)cc2C)c1Br. The maximum atomic E-state index is 4.39. The van der Waals surface area contributed by atoms with Gasteiger partial charge in [-0.1, -0.05) is 17.7 Å². The number of benzene rings is 1. The summed E-state index contributed by atoms with van der Waals surface area (Å²) in [6.45, 7) is 7.07. The molecule has 106 valence electrons. The first-order valence-electron chi connectivity index (χ1n) is 6.60. The molecule has 2 aromatic rings. The second-order valence-corrected chi connectivity index (χ2v) is 5.53. The van der Waals surface area contributed by atoms with E-state index in [2.05, 4.69) is 68.2 Å². The molecule has 0 aliphatic carbocycles. The van der Waals surface area contributed by atoms with E-state index in [1.807, 2.05) is 14.0 Å². The number of halogens is 1. The van der Waals surface area contributed by atoms with Crippen LogP contribution in [0, 0.1) is 13.8 Å². The summed E-state index contributed by atoms with van der Waals surface area (Å²) in [7, 11) is 2.01. The van der Waals surface area contributed by atoms with E-state index in [0.29, 0.717) is 0 Å². The number of anilines is 3. The molecule has 0 fully saturated rings. The van der Waals surface area contributed by atoms with Crippen molar-refractivity contribution in [2.75, 3.05) is 23.8 Å². The van der Waals surface area contributed by atoms with Gasteiger partial charge >= 0.3 is 0 Å². The zero-order chi connectivity index (χ0) is 14.7. The van der Waals surface area contributed by atoms with E-state index in [1.54, 1.807) is 6.33 Å². The Bertz CT molecular complexity index is 613. The molecule has 0 amide bonds. The molecule has 0 atom stereocenters. The van der Waals surface area contributed by atoms with E-state index >= 15 is 0 Å². The van der Waals surface area contributed by atoms with Crippen molar-refractivity contribution in [3.63, 3.8) is 0 Å². The smallest absolute Gasteiger partial charge is 0.152 e. The van der Waals surface area contributed by atoms with Crippen molar-refractivity contribution in [1.82, 2.24) is 9.97 Å². The molecular weight excluding hydrogens is 316 g/mol. The van der Waals surface area contributed by atoms with Crippen molar-refractivity contribution < 1.29 is 0 Å². The summed E-state index contributed by atoms with van der Waals surface area (Å²) in [6.07, 6.45) is 1.58. The van der Waals surface area contributed by atoms with Crippen LogP contribution in [0.1, 0.15) is 18.1 Å². The molecule has 0 saturated heterocycles. The van der Waals surface area contributed by atoms with Gasteiger partial charge in [0.25, 0.3) is 0 Å². The number of nitrogens with zero attached hydrogens (tertiary/aromatic N) is 3. The molecule has 1 N–H and O–H groups in total. The van der Waals surface area contributed by atoms with Crippen LogP contribution in [0.3, 0.4) is 0 Å². The van der Waals surface area contributed by atoms with E-state index < -0.39 is 0 Å². The van der Waals surface area contributed by atoms with E-state index in [9.17, 15) is 0 Å². The maximum absolute atomic E-state index is 4.39. The molecule has 1 heterocycles. The van der Waals surface area contributed by atoms with Gasteiger partial charge in [0.2, 0.25) is 0 Å². The Morgan fingerprint density at radius 3 is 2.65 bits per heavy atom. The highest BCUT2D eigenvalue weighted by molar-refractivity contribution is 9.10. The minimum Gasteiger partial charge on any atom is -0.369 e. The Morgan fingerprint density at radius 1 is 1.25 bits per heavy atom. The monoisotopic (exact) mass is 334 g/mol. The average Bonchev–Trinajstić information content (AvgIpc) is 2.41. The number of aromatic nitrogens is 2. The van der Waals surface area contributed by atoms with Crippen LogP contribution < -0.4 is 10.2 Å². The van der Waals surface area contributed by atoms with Crippen LogP contribution in [-0.4, -0.2) is 23.6 Å². The largest absolute Gasteiger partial charge is 0.369 e. The van der Waals surface area contributed by atoms with E-state index in [-0.39, 0.29) is 0 Å². The summed E-state index contributed by atoms with van der Waals surface area (Å²) in [5, 5.41) is 3.22. The number of aryl methyl sites for hydroxylation is 2. The third-order valence-corrected chi connectivity index (χ3v) is 3.88. The van der Waals surface area contributed by atoms with E-state index in [1.165, 1.54) is 11.1 Å². The summed E-state index contributed by atoms with van der Waals surface area (Å²) in [5.74, 6) is 1.66. The Hall–Kier alpha value is -1.62. The van der Waals surface area contributed by atoms with Crippen LogP contribution in [0.4, 0.5) is 17.3 Å². The molecule has 0 aliphatic heterocycles. The molecule has 1 aromatic heterocycles. The topological polar surface area (TPSA) is 41.1 Å². The molecule has 0 spiro atoms. The standard InChI is InChI=1S/C15H19BrN4/c1-5-17-14-13(16)15(19-9-18-14)20(4)12-7-6-10(2)8-11(12)3/h6-9H,5H2,1-4H3,(H,17,18,19). The minimum atomic E-state index is 0.814. The molecule has 1 aromatic carbocycles. The van der Waals surface area contributed by atoms with Gasteiger partial charge in [-0.3, -0.25) is 0 Å². The minimum absolute atomic E-state index is 0.814. The third kappa shape index (κ3) is 2.93. The lowest BCUT2D eigenvalue weighted by molar-refractivity contribution is 1.04. The number of rotatable bonds is 4. The van der Waals surface area contributed by atoms with E-state index in [4.69, 9.17) is 0 Å². The Balaban J connectivity index is 2.42. The molecule has 2 rings (SSSR count). The summed E-state index contributed by atoms with van der Waals surface area (Å²) in [5.41, 5.74) is 3.62. The van der Waals surface area contributed by atoms with Crippen molar-refractivity contribution >= 4 is 33.3 Å². The molecular formula is C15H19BrN4. The van der Waals surface area contributed by atoms with Crippen LogP contribution in [-0.2, 0) is 0 Å². The van der Waals surface area contributed by atoms with Crippen molar-refractivity contribution in [1.29, 1.82) is 0 Å². The van der Waals surface area contributed by atoms with Crippen LogP contribution in [0.15, 0.2) is 29.0 Å². The normalized spacial score (nSPS) is 10.4. The van der Waals surface area contributed by atoms with Crippen LogP contribution in [0.25, 0.3) is 0 Å². The van der Waals surface area contributed by atoms with Gasteiger partial charge in [-0.2, -0.15) is 0 Å². The molecule has 0 aliphatic rings. The number of nitrogens with one attached hydrogen (secondary N) is 1. The molecule has 5 heteroatoms. The second kappa shape index (κ2) is 6.22. The average molecular weight is 335 g/mol. The highest BCUT2D eigenvalue weighted by atomic mass is 79.9. The second-order valence-electron chi connectivity index (χ2n) is 4.74. The quantitative estimate of drug-likeness (QED) is 0.915. The number of hydrogen-bond acceptors (Lipinski definition) is 4. The van der Waals surface area contributed by atoms with Crippen molar-refractivity contribution in [3.8, 4) is 0 Å². The lowest BCUT2D eigenvalue weighted by Gasteiger charge is -2.22. The predicted octanol–water partition coefficient (Wildman–Crippen LogP) is 4.06. The summed E-state index contributed by atoms with van der Waals surface area (Å²) in [4.78, 5) is 10.7. The summed E-state index contributed by atoms with van der Waals surface area (Å²) >= 11 is 3.59. The van der Waals surface area contributed by atoms with Gasteiger partial charge in [0.1, 0.15) is 16.6 Å². The lowest BCUT2D eigenvalue weighted by Crippen LogP contribution is -2.14. The number of hydrogen-bond donors (Lipinski definition) is 1. The van der Waals surface area contributed by atoms with Gasteiger partial charge in [0, 0.05) is 19.3 Å². The maximum Gasteiger partial charge on any atom is 0.152 e. The van der Waals surface area contributed by atoms with Crippen LogP contribution >= 0.6 is 15.9 Å². The first-order valence-corrected chi connectivity index (χ1v) is 7.39. The van der Waals surface area contributed by atoms with Crippen LogP contribution in [0.2, 0.25) is 0 Å².